The number of carbonyl (C=O) groups is 1. The first-order valence-electron chi connectivity index (χ1n) is 4.58. The maximum Gasteiger partial charge on any atom is 0.417 e. The first kappa shape index (κ1) is 13.6. The second kappa shape index (κ2) is 4.83. The number of hydrogen-bond acceptors (Lipinski definition) is 2. The lowest BCUT2D eigenvalue weighted by Gasteiger charge is -2.13. The molecule has 94 valence electrons. The first-order chi connectivity index (χ1) is 7.71. The van der Waals surface area contributed by atoms with Gasteiger partial charge in [-0.3, -0.25) is 4.79 Å². The molecule has 1 aromatic rings. The standard InChI is InChI=1S/C10H9ClF3NO2/c1-5(9(16)17)15-6-2-3-7(8(11)4-6)10(12,13)14/h2-5,15H,1H3,(H,16,17)/t5-/m1/s1. The molecule has 1 aromatic carbocycles. The summed E-state index contributed by atoms with van der Waals surface area (Å²) in [6.45, 7) is 1.37. The van der Waals surface area contributed by atoms with Gasteiger partial charge in [0.1, 0.15) is 6.04 Å². The van der Waals surface area contributed by atoms with Crippen molar-refractivity contribution < 1.29 is 23.1 Å². The number of halogens is 4. The number of benzene rings is 1. The molecule has 3 nitrogen and oxygen atoms in total. The van der Waals surface area contributed by atoms with Gasteiger partial charge in [-0.1, -0.05) is 11.6 Å². The van der Waals surface area contributed by atoms with Crippen molar-refractivity contribution in [2.24, 2.45) is 0 Å². The predicted octanol–water partition coefficient (Wildman–Crippen LogP) is 3.24. The molecule has 7 heteroatoms. The summed E-state index contributed by atoms with van der Waals surface area (Å²) >= 11 is 5.47. The Labute approximate surface area is 100 Å². The van der Waals surface area contributed by atoms with Crippen LogP contribution in [0.4, 0.5) is 18.9 Å². The summed E-state index contributed by atoms with van der Waals surface area (Å²) < 4.78 is 37.1. The first-order valence-corrected chi connectivity index (χ1v) is 4.95. The van der Waals surface area contributed by atoms with Crippen LogP contribution in [0, 0.1) is 0 Å². The van der Waals surface area contributed by atoms with E-state index in [2.05, 4.69) is 5.32 Å². The number of anilines is 1. The number of rotatable bonds is 3. The Hall–Kier alpha value is -1.43. The summed E-state index contributed by atoms with van der Waals surface area (Å²) in [6, 6.07) is 2.07. The van der Waals surface area contributed by atoms with Gasteiger partial charge in [0.15, 0.2) is 0 Å². The van der Waals surface area contributed by atoms with Gasteiger partial charge in [-0.25, -0.2) is 0 Å². The Bertz CT molecular complexity index is 434. The predicted molar refractivity (Wildman–Crippen MR) is 57.2 cm³/mol. The van der Waals surface area contributed by atoms with E-state index in [1.807, 2.05) is 0 Å². The number of carboxylic acid groups (broad SMARTS) is 1. The summed E-state index contributed by atoms with van der Waals surface area (Å²) in [7, 11) is 0. The number of hydrogen-bond donors (Lipinski definition) is 2. The molecular weight excluding hydrogens is 259 g/mol. The van der Waals surface area contributed by atoms with Crippen molar-refractivity contribution >= 4 is 23.3 Å². The van der Waals surface area contributed by atoms with Crippen molar-refractivity contribution in [3.05, 3.63) is 28.8 Å². The smallest absolute Gasteiger partial charge is 0.417 e. The molecule has 0 spiro atoms. The van der Waals surface area contributed by atoms with E-state index in [1.54, 1.807) is 0 Å². The number of alkyl halides is 3. The van der Waals surface area contributed by atoms with E-state index in [0.29, 0.717) is 0 Å². The van der Waals surface area contributed by atoms with Crippen LogP contribution in [-0.4, -0.2) is 17.1 Å². The molecule has 0 aromatic heterocycles. The van der Waals surface area contributed by atoms with Gasteiger partial charge in [0.25, 0.3) is 0 Å². The van der Waals surface area contributed by atoms with Gasteiger partial charge in [0.2, 0.25) is 0 Å². The Morgan fingerprint density at radius 3 is 2.47 bits per heavy atom. The molecule has 0 aliphatic carbocycles. The summed E-state index contributed by atoms with van der Waals surface area (Å²) in [4.78, 5) is 10.5. The Kier molecular flexibility index (Phi) is 3.87. The summed E-state index contributed by atoms with van der Waals surface area (Å²) in [5.41, 5.74) is -0.731. The molecule has 1 rings (SSSR count). The number of nitrogens with one attached hydrogen (secondary N) is 1. The highest BCUT2D eigenvalue weighted by atomic mass is 35.5. The lowest BCUT2D eigenvalue weighted by molar-refractivity contribution is -0.138. The van der Waals surface area contributed by atoms with Crippen LogP contribution in [0.3, 0.4) is 0 Å². The van der Waals surface area contributed by atoms with Gasteiger partial charge in [0, 0.05) is 5.69 Å². The van der Waals surface area contributed by atoms with Gasteiger partial charge in [0.05, 0.1) is 10.6 Å². The molecule has 2 N–H and O–H groups in total. The van der Waals surface area contributed by atoms with Crippen molar-refractivity contribution in [1.82, 2.24) is 0 Å². The molecule has 0 aliphatic heterocycles. The largest absolute Gasteiger partial charge is 0.480 e. The molecule has 17 heavy (non-hydrogen) atoms. The van der Waals surface area contributed by atoms with E-state index >= 15 is 0 Å². The minimum Gasteiger partial charge on any atom is -0.480 e. The van der Waals surface area contributed by atoms with Gasteiger partial charge < -0.3 is 10.4 Å². The van der Waals surface area contributed by atoms with Gasteiger partial charge >= 0.3 is 12.1 Å². The molecule has 0 unspecified atom stereocenters. The SMILES string of the molecule is C[C@@H](Nc1ccc(C(F)(F)F)c(Cl)c1)C(=O)O. The highest BCUT2D eigenvalue weighted by Gasteiger charge is 2.33. The number of carboxylic acids is 1. The average Bonchev–Trinajstić information content (AvgIpc) is 2.15. The van der Waals surface area contributed by atoms with E-state index < -0.39 is 28.8 Å². The van der Waals surface area contributed by atoms with Crippen molar-refractivity contribution in [3.63, 3.8) is 0 Å². The summed E-state index contributed by atoms with van der Waals surface area (Å²) in [5, 5.41) is 10.7. The lowest BCUT2D eigenvalue weighted by atomic mass is 10.2. The normalized spacial score (nSPS) is 13.2. The third-order valence-corrected chi connectivity index (χ3v) is 2.34. The zero-order chi connectivity index (χ0) is 13.2. The molecule has 0 heterocycles. The topological polar surface area (TPSA) is 49.3 Å². The van der Waals surface area contributed by atoms with Crippen LogP contribution in [0.5, 0.6) is 0 Å². The quantitative estimate of drug-likeness (QED) is 0.884. The minimum absolute atomic E-state index is 0.220. The Morgan fingerprint density at radius 2 is 2.06 bits per heavy atom. The summed E-state index contributed by atoms with van der Waals surface area (Å²) in [5.74, 6) is -1.11. The van der Waals surface area contributed by atoms with Gasteiger partial charge in [-0.05, 0) is 25.1 Å². The van der Waals surface area contributed by atoms with E-state index in [4.69, 9.17) is 16.7 Å². The van der Waals surface area contributed by atoms with Crippen LogP contribution < -0.4 is 5.32 Å². The second-order valence-electron chi connectivity index (χ2n) is 3.40. The highest BCUT2D eigenvalue weighted by molar-refractivity contribution is 6.31. The lowest BCUT2D eigenvalue weighted by Crippen LogP contribution is -2.25. The zero-order valence-electron chi connectivity index (χ0n) is 8.68. The molecule has 0 fully saturated rings. The molecule has 0 radical (unpaired) electrons. The van der Waals surface area contributed by atoms with E-state index in [1.165, 1.54) is 6.92 Å². The van der Waals surface area contributed by atoms with E-state index in [9.17, 15) is 18.0 Å². The molecule has 0 amide bonds. The third-order valence-electron chi connectivity index (χ3n) is 2.03. The van der Waals surface area contributed by atoms with Crippen molar-refractivity contribution in [2.45, 2.75) is 19.1 Å². The van der Waals surface area contributed by atoms with Crippen LogP contribution in [-0.2, 0) is 11.0 Å². The Morgan fingerprint density at radius 1 is 1.47 bits per heavy atom. The number of aliphatic carboxylic acids is 1. The third kappa shape index (κ3) is 3.52. The monoisotopic (exact) mass is 267 g/mol. The fourth-order valence-electron chi connectivity index (χ4n) is 1.15. The van der Waals surface area contributed by atoms with Gasteiger partial charge in [-0.2, -0.15) is 13.2 Å². The second-order valence-corrected chi connectivity index (χ2v) is 3.80. The van der Waals surface area contributed by atoms with E-state index in [0.717, 1.165) is 18.2 Å². The van der Waals surface area contributed by atoms with Crippen LogP contribution in [0.25, 0.3) is 0 Å². The van der Waals surface area contributed by atoms with Crippen molar-refractivity contribution in [3.8, 4) is 0 Å². The minimum atomic E-state index is -4.52. The average molecular weight is 268 g/mol. The molecule has 0 saturated carbocycles. The fourth-order valence-corrected chi connectivity index (χ4v) is 1.43. The van der Waals surface area contributed by atoms with Crippen LogP contribution in [0.2, 0.25) is 5.02 Å². The van der Waals surface area contributed by atoms with Gasteiger partial charge in [-0.15, -0.1) is 0 Å². The summed E-state index contributed by atoms with van der Waals surface area (Å²) in [6.07, 6.45) is -4.52. The van der Waals surface area contributed by atoms with Crippen LogP contribution in [0.15, 0.2) is 18.2 Å². The molecule has 0 bridgehead atoms. The molecule has 0 saturated heterocycles. The highest BCUT2D eigenvalue weighted by Crippen LogP contribution is 2.35. The van der Waals surface area contributed by atoms with Crippen molar-refractivity contribution in [2.75, 3.05) is 5.32 Å². The van der Waals surface area contributed by atoms with Crippen LogP contribution in [0.1, 0.15) is 12.5 Å². The van der Waals surface area contributed by atoms with Crippen LogP contribution >= 0.6 is 11.6 Å². The molecule has 1 atom stereocenters. The molecule has 0 aliphatic rings. The molecular formula is C10H9ClF3NO2. The zero-order valence-corrected chi connectivity index (χ0v) is 9.43. The fraction of sp³-hybridized carbons (Fsp3) is 0.300. The van der Waals surface area contributed by atoms with Crippen molar-refractivity contribution in [1.29, 1.82) is 0 Å². The maximum atomic E-state index is 12.4. The maximum absolute atomic E-state index is 12.4. The Balaban J connectivity index is 2.94. The van der Waals surface area contributed by atoms with E-state index in [-0.39, 0.29) is 5.69 Å².